The summed E-state index contributed by atoms with van der Waals surface area (Å²) < 4.78 is 2.18. The van der Waals surface area contributed by atoms with E-state index in [-0.39, 0.29) is 6.04 Å². The monoisotopic (exact) mass is 276 g/mol. The maximum atomic E-state index is 6.38. The van der Waals surface area contributed by atoms with Crippen LogP contribution in [0.4, 0.5) is 5.69 Å². The Labute approximate surface area is 117 Å². The lowest BCUT2D eigenvalue weighted by molar-refractivity contribution is 0.560. The number of hydrogen-bond donors (Lipinski definition) is 1. The lowest BCUT2D eigenvalue weighted by Crippen LogP contribution is -2.33. The molecule has 1 atom stereocenters. The maximum absolute atomic E-state index is 6.38. The largest absolute Gasteiger partial charge is 0.361 e. The Morgan fingerprint density at radius 1 is 1.37 bits per heavy atom. The summed E-state index contributed by atoms with van der Waals surface area (Å²) in [5.41, 5.74) is 7.99. The minimum absolute atomic E-state index is 0.00630. The van der Waals surface area contributed by atoms with Crippen LogP contribution in [0.5, 0.6) is 0 Å². The van der Waals surface area contributed by atoms with Crippen LogP contribution < -0.4 is 10.6 Å². The summed E-state index contributed by atoms with van der Waals surface area (Å²) in [6, 6.07) is 6.07. The Morgan fingerprint density at radius 2 is 2.21 bits per heavy atom. The summed E-state index contributed by atoms with van der Waals surface area (Å²) in [4.78, 5) is 6.63. The zero-order valence-electron chi connectivity index (χ0n) is 10.9. The van der Waals surface area contributed by atoms with Gasteiger partial charge in [-0.1, -0.05) is 17.7 Å². The van der Waals surface area contributed by atoms with Crippen LogP contribution in [-0.4, -0.2) is 16.1 Å². The van der Waals surface area contributed by atoms with E-state index in [0.29, 0.717) is 0 Å². The molecule has 0 radical (unpaired) electrons. The predicted octanol–water partition coefficient (Wildman–Crippen LogP) is 2.58. The molecule has 0 bridgehead atoms. The van der Waals surface area contributed by atoms with E-state index < -0.39 is 0 Å². The lowest BCUT2D eigenvalue weighted by Gasteiger charge is -2.30. The molecule has 0 unspecified atom stereocenters. The summed E-state index contributed by atoms with van der Waals surface area (Å²) in [6.45, 7) is 4.65. The van der Waals surface area contributed by atoms with Crippen molar-refractivity contribution in [3.63, 3.8) is 0 Å². The third kappa shape index (κ3) is 2.33. The van der Waals surface area contributed by atoms with Crippen molar-refractivity contribution in [2.45, 2.75) is 26.1 Å². The number of imidazole rings is 1. The molecule has 100 valence electrons. The van der Waals surface area contributed by atoms with Crippen molar-refractivity contribution in [3.05, 3.63) is 47.0 Å². The Hall–Kier alpha value is -1.52. The molecule has 5 heteroatoms. The Morgan fingerprint density at radius 3 is 2.95 bits per heavy atom. The molecule has 1 aromatic carbocycles. The highest BCUT2D eigenvalue weighted by Gasteiger charge is 2.19. The quantitative estimate of drug-likeness (QED) is 0.917. The summed E-state index contributed by atoms with van der Waals surface area (Å²) >= 11 is 6.38. The fraction of sp³-hybridized carbons (Fsp3) is 0.357. The fourth-order valence-electron chi connectivity index (χ4n) is 2.44. The van der Waals surface area contributed by atoms with Crippen molar-refractivity contribution in [3.8, 4) is 0 Å². The van der Waals surface area contributed by atoms with Gasteiger partial charge in [0.1, 0.15) is 5.82 Å². The molecule has 0 fully saturated rings. The van der Waals surface area contributed by atoms with Crippen molar-refractivity contribution >= 4 is 17.3 Å². The second kappa shape index (κ2) is 4.87. The van der Waals surface area contributed by atoms with Crippen LogP contribution in [0.15, 0.2) is 30.6 Å². The van der Waals surface area contributed by atoms with Gasteiger partial charge in [-0.25, -0.2) is 4.98 Å². The molecule has 0 saturated carbocycles. The number of fused-ring (bicyclic) bond motifs is 1. The van der Waals surface area contributed by atoms with Crippen LogP contribution in [0, 0.1) is 0 Å². The smallest absolute Gasteiger partial charge is 0.128 e. The van der Waals surface area contributed by atoms with Gasteiger partial charge < -0.3 is 15.2 Å². The van der Waals surface area contributed by atoms with Gasteiger partial charge >= 0.3 is 0 Å². The van der Waals surface area contributed by atoms with Crippen molar-refractivity contribution < 1.29 is 0 Å². The molecule has 19 heavy (non-hydrogen) atoms. The third-order valence-corrected chi connectivity index (χ3v) is 3.89. The zero-order valence-corrected chi connectivity index (χ0v) is 11.6. The molecule has 0 amide bonds. The highest BCUT2D eigenvalue weighted by atomic mass is 35.5. The Balaban J connectivity index is 1.88. The molecule has 1 aliphatic heterocycles. The van der Waals surface area contributed by atoms with E-state index in [9.17, 15) is 0 Å². The van der Waals surface area contributed by atoms with Gasteiger partial charge in [0.15, 0.2) is 0 Å². The minimum Gasteiger partial charge on any atom is -0.361 e. The standard InChI is InChI=1S/C14H17ClN4/c1-10(16)11-2-3-13(12(15)8-11)19-7-6-18-5-4-17-14(18)9-19/h2-5,8,10H,6-7,9,16H2,1H3/t10-/m1/s1. The van der Waals surface area contributed by atoms with Gasteiger partial charge in [-0.05, 0) is 24.6 Å². The van der Waals surface area contributed by atoms with E-state index in [0.717, 1.165) is 41.7 Å². The zero-order chi connectivity index (χ0) is 13.4. The number of anilines is 1. The number of nitrogens with two attached hydrogens (primary N) is 1. The first-order valence-electron chi connectivity index (χ1n) is 6.45. The molecule has 1 aromatic heterocycles. The van der Waals surface area contributed by atoms with E-state index >= 15 is 0 Å². The van der Waals surface area contributed by atoms with Crippen molar-refractivity contribution in [2.24, 2.45) is 5.73 Å². The molecule has 1 aliphatic rings. The van der Waals surface area contributed by atoms with Crippen molar-refractivity contribution in [2.75, 3.05) is 11.4 Å². The second-order valence-corrected chi connectivity index (χ2v) is 5.37. The first-order chi connectivity index (χ1) is 9.15. The number of benzene rings is 1. The number of halogens is 1. The summed E-state index contributed by atoms with van der Waals surface area (Å²) in [5, 5.41) is 0.759. The van der Waals surface area contributed by atoms with Gasteiger partial charge in [0.2, 0.25) is 0 Å². The van der Waals surface area contributed by atoms with Crippen LogP contribution in [0.1, 0.15) is 24.4 Å². The SMILES string of the molecule is C[C@@H](N)c1ccc(N2CCn3ccnc3C2)c(Cl)c1. The van der Waals surface area contributed by atoms with E-state index in [1.54, 1.807) is 0 Å². The van der Waals surface area contributed by atoms with Gasteiger partial charge in [-0.15, -0.1) is 0 Å². The average Bonchev–Trinajstić information content (AvgIpc) is 2.85. The number of rotatable bonds is 2. The van der Waals surface area contributed by atoms with Crippen LogP contribution in [0.2, 0.25) is 5.02 Å². The summed E-state index contributed by atoms with van der Waals surface area (Å²) in [5.74, 6) is 1.08. The molecular weight excluding hydrogens is 260 g/mol. The molecule has 0 aliphatic carbocycles. The molecule has 0 spiro atoms. The highest BCUT2D eigenvalue weighted by molar-refractivity contribution is 6.33. The molecule has 2 heterocycles. The normalized spacial score (nSPS) is 16.3. The topological polar surface area (TPSA) is 47.1 Å². The maximum Gasteiger partial charge on any atom is 0.128 e. The lowest BCUT2D eigenvalue weighted by atomic mass is 10.1. The van der Waals surface area contributed by atoms with E-state index in [4.69, 9.17) is 17.3 Å². The Bertz CT molecular complexity index is 591. The number of nitrogens with zero attached hydrogens (tertiary/aromatic N) is 3. The molecule has 4 nitrogen and oxygen atoms in total. The molecule has 3 rings (SSSR count). The molecular formula is C14H17ClN4. The fourth-order valence-corrected chi connectivity index (χ4v) is 2.75. The van der Waals surface area contributed by atoms with Gasteiger partial charge in [0.05, 0.1) is 17.3 Å². The first-order valence-corrected chi connectivity index (χ1v) is 6.83. The first kappa shape index (κ1) is 12.5. The van der Waals surface area contributed by atoms with Crippen LogP contribution in [0.3, 0.4) is 0 Å². The van der Waals surface area contributed by atoms with Crippen molar-refractivity contribution in [1.29, 1.82) is 0 Å². The minimum atomic E-state index is 0.00630. The molecule has 2 N–H and O–H groups in total. The Kier molecular flexibility index (Phi) is 3.21. The average molecular weight is 277 g/mol. The van der Waals surface area contributed by atoms with E-state index in [2.05, 4.69) is 20.5 Å². The summed E-state index contributed by atoms with van der Waals surface area (Å²) in [7, 11) is 0. The van der Waals surface area contributed by atoms with Gasteiger partial charge in [0.25, 0.3) is 0 Å². The summed E-state index contributed by atoms with van der Waals surface area (Å²) in [6.07, 6.45) is 3.87. The van der Waals surface area contributed by atoms with Gasteiger partial charge in [-0.3, -0.25) is 0 Å². The second-order valence-electron chi connectivity index (χ2n) is 4.96. The van der Waals surface area contributed by atoms with E-state index in [1.165, 1.54) is 0 Å². The van der Waals surface area contributed by atoms with Gasteiger partial charge in [0, 0.05) is 31.5 Å². The van der Waals surface area contributed by atoms with Crippen LogP contribution >= 0.6 is 11.6 Å². The predicted molar refractivity (Wildman–Crippen MR) is 77.3 cm³/mol. The number of hydrogen-bond acceptors (Lipinski definition) is 3. The van der Waals surface area contributed by atoms with Crippen LogP contribution in [0.25, 0.3) is 0 Å². The molecule has 2 aromatic rings. The van der Waals surface area contributed by atoms with E-state index in [1.807, 2.05) is 31.5 Å². The molecule has 0 saturated heterocycles. The number of aromatic nitrogens is 2. The van der Waals surface area contributed by atoms with Crippen LogP contribution in [-0.2, 0) is 13.1 Å². The highest BCUT2D eigenvalue weighted by Crippen LogP contribution is 2.30. The van der Waals surface area contributed by atoms with Gasteiger partial charge in [-0.2, -0.15) is 0 Å². The van der Waals surface area contributed by atoms with Crippen molar-refractivity contribution in [1.82, 2.24) is 9.55 Å². The third-order valence-electron chi connectivity index (χ3n) is 3.58.